The van der Waals surface area contributed by atoms with Gasteiger partial charge in [-0.25, -0.2) is 13.8 Å². The van der Waals surface area contributed by atoms with Crippen molar-refractivity contribution in [3.05, 3.63) is 52.6 Å². The molecule has 2 unspecified atom stereocenters. The largest absolute Gasteiger partial charge is 0.489 e. The Morgan fingerprint density at radius 2 is 2.06 bits per heavy atom. The van der Waals surface area contributed by atoms with Crippen LogP contribution in [0.3, 0.4) is 0 Å². The quantitative estimate of drug-likeness (QED) is 0.709. The number of aromatic nitrogens is 2. The molecule has 3 heterocycles. The number of pyridine rings is 2. The van der Waals surface area contributed by atoms with E-state index >= 15 is 0 Å². The fraction of sp³-hybridized carbons (Fsp3) is 0.522. The van der Waals surface area contributed by atoms with Crippen molar-refractivity contribution >= 4 is 11.7 Å². The molecular weight excluding hydrogens is 418 g/mol. The normalized spacial score (nSPS) is 22.4. The highest BCUT2D eigenvalue weighted by Gasteiger charge is 2.46. The number of piperidine rings is 1. The summed E-state index contributed by atoms with van der Waals surface area (Å²) < 4.78 is 35.0. The fourth-order valence-electron chi connectivity index (χ4n) is 4.39. The summed E-state index contributed by atoms with van der Waals surface area (Å²) in [5, 5.41) is 2.76. The first-order valence-electron chi connectivity index (χ1n) is 11.1. The summed E-state index contributed by atoms with van der Waals surface area (Å²) in [5.41, 5.74) is 0.0102. The Morgan fingerprint density at radius 3 is 2.72 bits per heavy atom. The Hall–Kier alpha value is -2.81. The van der Waals surface area contributed by atoms with Gasteiger partial charge < -0.3 is 15.0 Å². The summed E-state index contributed by atoms with van der Waals surface area (Å²) in [5.74, 6) is -3.27. The Kier molecular flexibility index (Phi) is 6.55. The SMILES string of the molecule is CC(C(=O)Nc1ccc(OC2CCCC2)cn1)N1CCC(F)(F)C(c2ccc(=O)[nH]c2)C1. The number of alkyl halides is 2. The zero-order chi connectivity index (χ0) is 22.7. The number of likely N-dealkylation sites (tertiary alicyclic amines) is 1. The molecule has 7 nitrogen and oxygen atoms in total. The molecular formula is C23H28F2N4O3. The maximum atomic E-state index is 14.6. The zero-order valence-corrected chi connectivity index (χ0v) is 18.0. The van der Waals surface area contributed by atoms with Crippen LogP contribution in [0.1, 0.15) is 50.5 Å². The minimum Gasteiger partial charge on any atom is -0.489 e. The molecule has 9 heteroatoms. The second kappa shape index (κ2) is 9.36. The number of carbonyl (C=O) groups excluding carboxylic acids is 1. The number of hydrogen-bond acceptors (Lipinski definition) is 5. The van der Waals surface area contributed by atoms with Gasteiger partial charge in [0.1, 0.15) is 11.6 Å². The van der Waals surface area contributed by atoms with Gasteiger partial charge in [0.2, 0.25) is 11.5 Å². The minimum absolute atomic E-state index is 0.00915. The van der Waals surface area contributed by atoms with Gasteiger partial charge >= 0.3 is 0 Å². The predicted molar refractivity (Wildman–Crippen MR) is 116 cm³/mol. The third-order valence-corrected chi connectivity index (χ3v) is 6.39. The second-order valence-electron chi connectivity index (χ2n) is 8.61. The van der Waals surface area contributed by atoms with E-state index in [9.17, 15) is 18.4 Å². The molecule has 1 saturated carbocycles. The molecule has 0 aromatic carbocycles. The van der Waals surface area contributed by atoms with Crippen molar-refractivity contribution < 1.29 is 18.3 Å². The Bertz CT molecular complexity index is 969. The number of amides is 1. The molecule has 2 aromatic heterocycles. The van der Waals surface area contributed by atoms with Crippen LogP contribution in [0.25, 0.3) is 0 Å². The van der Waals surface area contributed by atoms with E-state index in [2.05, 4.69) is 15.3 Å². The average Bonchev–Trinajstić information content (AvgIpc) is 3.28. The molecule has 0 spiro atoms. The first-order valence-corrected chi connectivity index (χ1v) is 11.1. The van der Waals surface area contributed by atoms with E-state index in [0.29, 0.717) is 17.1 Å². The first-order chi connectivity index (χ1) is 15.3. The van der Waals surface area contributed by atoms with Crippen molar-refractivity contribution in [2.24, 2.45) is 0 Å². The molecule has 2 fully saturated rings. The smallest absolute Gasteiger partial charge is 0.257 e. The molecule has 2 aliphatic rings. The number of ether oxygens (including phenoxy) is 1. The van der Waals surface area contributed by atoms with Gasteiger partial charge in [0.05, 0.1) is 24.3 Å². The van der Waals surface area contributed by atoms with Gasteiger partial charge in [0.15, 0.2) is 0 Å². The maximum absolute atomic E-state index is 14.6. The topological polar surface area (TPSA) is 87.3 Å². The number of anilines is 1. The summed E-state index contributed by atoms with van der Waals surface area (Å²) in [6.45, 7) is 1.80. The molecule has 172 valence electrons. The fourth-order valence-corrected chi connectivity index (χ4v) is 4.39. The molecule has 2 N–H and O–H groups in total. The molecule has 1 aliphatic heterocycles. The highest BCUT2D eigenvalue weighted by Crippen LogP contribution is 2.40. The molecule has 32 heavy (non-hydrogen) atoms. The Balaban J connectivity index is 1.37. The molecule has 0 bridgehead atoms. The van der Waals surface area contributed by atoms with Gasteiger partial charge in [-0.15, -0.1) is 0 Å². The van der Waals surface area contributed by atoms with Crippen LogP contribution < -0.4 is 15.6 Å². The molecule has 4 rings (SSSR count). The highest BCUT2D eigenvalue weighted by molar-refractivity contribution is 5.93. The van der Waals surface area contributed by atoms with E-state index in [-0.39, 0.29) is 37.1 Å². The summed E-state index contributed by atoms with van der Waals surface area (Å²) >= 11 is 0. The van der Waals surface area contributed by atoms with Crippen LogP contribution in [0.2, 0.25) is 0 Å². The van der Waals surface area contributed by atoms with E-state index in [1.807, 2.05) is 0 Å². The minimum atomic E-state index is -2.92. The van der Waals surface area contributed by atoms with E-state index in [4.69, 9.17) is 4.74 Å². The van der Waals surface area contributed by atoms with Crippen molar-refractivity contribution in [2.75, 3.05) is 18.4 Å². The van der Waals surface area contributed by atoms with Crippen LogP contribution in [0.15, 0.2) is 41.5 Å². The summed E-state index contributed by atoms with van der Waals surface area (Å²) in [6.07, 6.45) is 7.23. The van der Waals surface area contributed by atoms with Crippen LogP contribution >= 0.6 is 0 Å². The predicted octanol–water partition coefficient (Wildman–Crippen LogP) is 3.54. The molecule has 1 aliphatic carbocycles. The number of nitrogens with zero attached hydrogens (tertiary/aromatic N) is 2. The van der Waals surface area contributed by atoms with Crippen LogP contribution in [0, 0.1) is 0 Å². The van der Waals surface area contributed by atoms with Gasteiger partial charge in [-0.05, 0) is 50.3 Å². The average molecular weight is 446 g/mol. The molecule has 1 amide bonds. The number of halogens is 2. The Labute approximate surface area is 185 Å². The maximum Gasteiger partial charge on any atom is 0.257 e. The monoisotopic (exact) mass is 446 g/mol. The van der Waals surface area contributed by atoms with Gasteiger partial charge in [0, 0.05) is 31.8 Å². The number of aromatic amines is 1. The third kappa shape index (κ3) is 5.15. The van der Waals surface area contributed by atoms with Gasteiger partial charge in [-0.3, -0.25) is 14.5 Å². The highest BCUT2D eigenvalue weighted by atomic mass is 19.3. The third-order valence-electron chi connectivity index (χ3n) is 6.39. The lowest BCUT2D eigenvalue weighted by atomic mass is 9.87. The van der Waals surface area contributed by atoms with Crippen molar-refractivity contribution in [3.63, 3.8) is 0 Å². The number of carbonyl (C=O) groups is 1. The lowest BCUT2D eigenvalue weighted by Gasteiger charge is -2.40. The van der Waals surface area contributed by atoms with E-state index in [1.54, 1.807) is 30.2 Å². The van der Waals surface area contributed by atoms with E-state index < -0.39 is 17.9 Å². The number of H-pyrrole nitrogens is 1. The number of hydrogen-bond donors (Lipinski definition) is 2. The van der Waals surface area contributed by atoms with Crippen LogP contribution in [0.4, 0.5) is 14.6 Å². The lowest BCUT2D eigenvalue weighted by Crippen LogP contribution is -2.52. The van der Waals surface area contributed by atoms with Crippen LogP contribution in [-0.4, -0.2) is 51.9 Å². The second-order valence-corrected chi connectivity index (χ2v) is 8.61. The van der Waals surface area contributed by atoms with Crippen molar-refractivity contribution in [1.29, 1.82) is 0 Å². The van der Waals surface area contributed by atoms with Crippen molar-refractivity contribution in [1.82, 2.24) is 14.9 Å². The summed E-state index contributed by atoms with van der Waals surface area (Å²) in [4.78, 5) is 32.5. The molecule has 2 aromatic rings. The first kappa shape index (κ1) is 22.4. The summed E-state index contributed by atoms with van der Waals surface area (Å²) in [6, 6.07) is 5.51. The molecule has 1 saturated heterocycles. The number of rotatable bonds is 6. The van der Waals surface area contributed by atoms with Gasteiger partial charge in [0.25, 0.3) is 5.92 Å². The molecule has 0 radical (unpaired) electrons. The van der Waals surface area contributed by atoms with Crippen molar-refractivity contribution in [2.45, 2.75) is 63.0 Å². The van der Waals surface area contributed by atoms with Gasteiger partial charge in [-0.2, -0.15) is 0 Å². The standard InChI is InChI=1S/C23H28F2N4O3/c1-15(22(31)28-20-8-7-18(13-26-20)32-17-4-2-3-5-17)29-11-10-23(24,25)19(14-29)16-6-9-21(30)27-12-16/h6-9,12-13,15,17,19H,2-5,10-11,14H2,1H3,(H,27,30)(H,26,28,31). The summed E-state index contributed by atoms with van der Waals surface area (Å²) in [7, 11) is 0. The number of nitrogens with one attached hydrogen (secondary N) is 2. The van der Waals surface area contributed by atoms with Gasteiger partial charge in [-0.1, -0.05) is 6.07 Å². The van der Waals surface area contributed by atoms with E-state index in [1.165, 1.54) is 31.2 Å². The lowest BCUT2D eigenvalue weighted by molar-refractivity contribution is -0.125. The van der Waals surface area contributed by atoms with E-state index in [0.717, 1.165) is 12.8 Å². The Morgan fingerprint density at radius 1 is 1.28 bits per heavy atom. The van der Waals surface area contributed by atoms with Crippen LogP contribution in [0.5, 0.6) is 5.75 Å². The van der Waals surface area contributed by atoms with Crippen molar-refractivity contribution in [3.8, 4) is 5.75 Å². The zero-order valence-electron chi connectivity index (χ0n) is 18.0. The van der Waals surface area contributed by atoms with Crippen LogP contribution in [-0.2, 0) is 4.79 Å². The molecule has 2 atom stereocenters.